The molecule has 1 aliphatic rings. The maximum Gasteiger partial charge on any atom is 0.405 e. The van der Waals surface area contributed by atoms with E-state index in [2.05, 4.69) is 9.71 Å². The third-order valence-corrected chi connectivity index (χ3v) is 3.46. The molecule has 19 heavy (non-hydrogen) atoms. The number of alkyl halides is 3. The smallest absolute Gasteiger partial charge is 0.346 e. The summed E-state index contributed by atoms with van der Waals surface area (Å²) in [7, 11) is -4.23. The number of fused-ring (bicyclic) bond motifs is 1. The average molecular weight is 297 g/mol. The van der Waals surface area contributed by atoms with Crippen LogP contribution in [0.25, 0.3) is 0 Å². The first-order valence-electron chi connectivity index (χ1n) is 4.89. The summed E-state index contributed by atoms with van der Waals surface area (Å²) in [4.78, 5) is -0.426. The molecule has 0 saturated carbocycles. The average Bonchev–Trinajstić information content (AvgIpc) is 2.26. The van der Waals surface area contributed by atoms with Gasteiger partial charge in [0, 0.05) is 0 Å². The van der Waals surface area contributed by atoms with Gasteiger partial charge >= 0.3 is 6.18 Å². The van der Waals surface area contributed by atoms with Crippen LogP contribution >= 0.6 is 0 Å². The Morgan fingerprint density at radius 3 is 2.63 bits per heavy atom. The Balaban J connectivity index is 2.30. The van der Waals surface area contributed by atoms with Crippen LogP contribution in [0, 0.1) is 5.82 Å². The van der Waals surface area contributed by atoms with Crippen LogP contribution < -0.4 is 10.6 Å². The van der Waals surface area contributed by atoms with Crippen molar-refractivity contribution in [3.8, 4) is 0 Å². The number of nitrogens with one attached hydrogen (secondary N) is 2. The zero-order chi connectivity index (χ0) is 14.3. The van der Waals surface area contributed by atoms with Gasteiger partial charge in [-0.2, -0.15) is 21.6 Å². The summed E-state index contributed by atoms with van der Waals surface area (Å²) >= 11 is 0. The molecule has 0 aliphatic carbocycles. The first-order chi connectivity index (χ1) is 8.67. The lowest BCUT2D eigenvalue weighted by Crippen LogP contribution is -2.40. The molecular weight excluding hydrogens is 290 g/mol. The molecule has 5 nitrogen and oxygen atoms in total. The van der Waals surface area contributed by atoms with Crippen molar-refractivity contribution in [3.63, 3.8) is 0 Å². The minimum absolute atomic E-state index is 0.0407. The standard InChI is InChI=1S/C9H7F4N3O2S/c10-5-1-2-6-7(3-5)19(17,18)16-8(15-6)14-4-9(11,12)13/h1-3H,4H2,(H2,14,15,16). The van der Waals surface area contributed by atoms with E-state index in [0.717, 1.165) is 18.2 Å². The van der Waals surface area contributed by atoms with E-state index in [-0.39, 0.29) is 5.69 Å². The summed E-state index contributed by atoms with van der Waals surface area (Å²) < 4.78 is 75.3. The van der Waals surface area contributed by atoms with Crippen LogP contribution in [0.1, 0.15) is 0 Å². The van der Waals surface area contributed by atoms with Crippen LogP contribution in [-0.4, -0.2) is 27.1 Å². The largest absolute Gasteiger partial charge is 0.405 e. The number of hydrogen-bond acceptors (Lipinski definition) is 4. The Kier molecular flexibility index (Phi) is 3.12. The molecule has 0 unspecified atom stereocenters. The fourth-order valence-corrected chi connectivity index (χ4v) is 2.50. The third kappa shape index (κ3) is 3.13. The molecule has 0 spiro atoms. The Morgan fingerprint density at radius 1 is 1.32 bits per heavy atom. The van der Waals surface area contributed by atoms with Crippen LogP contribution in [0.15, 0.2) is 27.5 Å². The molecule has 0 amide bonds. The highest BCUT2D eigenvalue weighted by molar-refractivity contribution is 7.90. The van der Waals surface area contributed by atoms with E-state index in [9.17, 15) is 26.0 Å². The Bertz CT molecular complexity index is 639. The van der Waals surface area contributed by atoms with Gasteiger partial charge in [0.05, 0.1) is 5.69 Å². The van der Waals surface area contributed by atoms with Crippen molar-refractivity contribution >= 4 is 21.7 Å². The number of benzene rings is 1. The number of rotatable bonds is 1. The van der Waals surface area contributed by atoms with Crippen molar-refractivity contribution in [2.75, 3.05) is 11.9 Å². The van der Waals surface area contributed by atoms with Crippen molar-refractivity contribution in [1.82, 2.24) is 5.32 Å². The maximum atomic E-state index is 12.9. The maximum absolute atomic E-state index is 12.9. The summed E-state index contributed by atoms with van der Waals surface area (Å²) in [5.41, 5.74) is -0.0407. The molecule has 0 saturated heterocycles. The predicted octanol–water partition coefficient (Wildman–Crippen LogP) is 1.45. The molecule has 2 rings (SSSR count). The van der Waals surface area contributed by atoms with Crippen LogP contribution in [-0.2, 0) is 10.0 Å². The van der Waals surface area contributed by atoms with Gasteiger partial charge in [-0.05, 0) is 18.2 Å². The van der Waals surface area contributed by atoms with Crippen LogP contribution in [0.4, 0.5) is 23.2 Å². The van der Waals surface area contributed by atoms with E-state index >= 15 is 0 Å². The zero-order valence-electron chi connectivity index (χ0n) is 9.12. The summed E-state index contributed by atoms with van der Waals surface area (Å²) in [6.07, 6.45) is -4.52. The molecule has 10 heteroatoms. The fraction of sp³-hybridized carbons (Fsp3) is 0.222. The van der Waals surface area contributed by atoms with Crippen LogP contribution in [0.5, 0.6) is 0 Å². The predicted molar refractivity (Wildman–Crippen MR) is 58.7 cm³/mol. The quantitative estimate of drug-likeness (QED) is 0.770. The minimum atomic E-state index is -4.52. The topological polar surface area (TPSA) is 70.6 Å². The number of hydrogen-bond donors (Lipinski definition) is 2. The highest BCUT2D eigenvalue weighted by atomic mass is 32.2. The Morgan fingerprint density at radius 2 is 2.00 bits per heavy atom. The number of halogens is 4. The lowest BCUT2D eigenvalue weighted by molar-refractivity contribution is -0.121. The molecule has 1 heterocycles. The molecule has 0 bridgehead atoms. The van der Waals surface area contributed by atoms with Gasteiger partial charge in [-0.3, -0.25) is 0 Å². The molecule has 104 valence electrons. The van der Waals surface area contributed by atoms with Gasteiger partial charge in [0.1, 0.15) is 17.3 Å². The molecule has 2 N–H and O–H groups in total. The number of nitrogens with zero attached hydrogens (tertiary/aromatic N) is 1. The summed E-state index contributed by atoms with van der Waals surface area (Å²) in [5.74, 6) is -1.34. The van der Waals surface area contributed by atoms with Crippen LogP contribution in [0.2, 0.25) is 0 Å². The van der Waals surface area contributed by atoms with E-state index in [1.807, 2.05) is 5.32 Å². The van der Waals surface area contributed by atoms with E-state index in [1.54, 1.807) is 0 Å². The highest BCUT2D eigenvalue weighted by Gasteiger charge is 2.30. The number of anilines is 1. The van der Waals surface area contributed by atoms with Crippen molar-refractivity contribution in [2.45, 2.75) is 11.1 Å². The van der Waals surface area contributed by atoms with Gasteiger partial charge in [0.25, 0.3) is 10.0 Å². The second kappa shape index (κ2) is 4.37. The molecule has 0 atom stereocenters. The van der Waals surface area contributed by atoms with Crippen molar-refractivity contribution < 1.29 is 26.0 Å². The molecule has 0 radical (unpaired) electrons. The molecule has 1 aromatic rings. The highest BCUT2D eigenvalue weighted by Crippen LogP contribution is 2.27. The van der Waals surface area contributed by atoms with E-state index in [0.29, 0.717) is 0 Å². The SMILES string of the molecule is O=S1(=O)N=C(NCC(F)(F)F)Nc2ccc(F)cc21. The van der Waals surface area contributed by atoms with Crippen molar-refractivity contribution in [2.24, 2.45) is 4.40 Å². The summed E-state index contributed by atoms with van der Waals surface area (Å²) in [6.45, 7) is -1.44. The molecule has 1 aromatic carbocycles. The zero-order valence-corrected chi connectivity index (χ0v) is 9.94. The minimum Gasteiger partial charge on any atom is -0.346 e. The second-order valence-electron chi connectivity index (χ2n) is 3.65. The van der Waals surface area contributed by atoms with Crippen LogP contribution in [0.3, 0.4) is 0 Å². The normalized spacial score (nSPS) is 17.2. The number of guanidine groups is 1. The first-order valence-corrected chi connectivity index (χ1v) is 6.33. The lowest BCUT2D eigenvalue weighted by Gasteiger charge is -2.19. The third-order valence-electron chi connectivity index (χ3n) is 2.14. The molecule has 0 aromatic heterocycles. The Hall–Kier alpha value is -1.84. The summed E-state index contributed by atoms with van der Waals surface area (Å²) in [6, 6.07) is 2.82. The van der Waals surface area contributed by atoms with Gasteiger partial charge in [-0.1, -0.05) is 0 Å². The first kappa shape index (κ1) is 13.6. The molecular formula is C9H7F4N3O2S. The Labute approximate surface area is 105 Å². The van der Waals surface area contributed by atoms with E-state index in [1.165, 1.54) is 0 Å². The van der Waals surface area contributed by atoms with Gasteiger partial charge in [-0.25, -0.2) is 4.39 Å². The second-order valence-corrected chi connectivity index (χ2v) is 5.22. The lowest BCUT2D eigenvalue weighted by atomic mass is 10.3. The molecule has 0 fully saturated rings. The number of sulfonamides is 1. The van der Waals surface area contributed by atoms with E-state index < -0.39 is 39.4 Å². The monoisotopic (exact) mass is 297 g/mol. The molecule has 1 aliphatic heterocycles. The van der Waals surface area contributed by atoms with Crippen molar-refractivity contribution in [1.29, 1.82) is 0 Å². The van der Waals surface area contributed by atoms with Crippen molar-refractivity contribution in [3.05, 3.63) is 24.0 Å². The van der Waals surface area contributed by atoms with Gasteiger partial charge in [-0.15, -0.1) is 4.40 Å². The summed E-state index contributed by atoms with van der Waals surface area (Å²) in [5, 5.41) is 4.16. The van der Waals surface area contributed by atoms with Gasteiger partial charge in [0.2, 0.25) is 5.96 Å². The van der Waals surface area contributed by atoms with Gasteiger partial charge < -0.3 is 10.6 Å². The fourth-order valence-electron chi connectivity index (χ4n) is 1.39. The van der Waals surface area contributed by atoms with Gasteiger partial charge in [0.15, 0.2) is 0 Å². The van der Waals surface area contributed by atoms with E-state index in [4.69, 9.17) is 0 Å².